The van der Waals surface area contributed by atoms with Crippen LogP contribution in [0.4, 0.5) is 0 Å². The van der Waals surface area contributed by atoms with Crippen molar-refractivity contribution < 1.29 is 4.74 Å². The minimum Gasteiger partial charge on any atom is -0.494 e. The molecule has 1 heterocycles. The summed E-state index contributed by atoms with van der Waals surface area (Å²) in [7, 11) is 1.89. The Morgan fingerprint density at radius 1 is 1.35 bits per heavy atom. The van der Waals surface area contributed by atoms with Crippen LogP contribution in [0.15, 0.2) is 30.6 Å². The minimum atomic E-state index is 0.0215. The molecule has 0 spiro atoms. The molecule has 5 nitrogen and oxygen atoms in total. The maximum atomic E-state index is 5.41. The molecule has 0 radical (unpaired) electrons. The molecule has 0 bridgehead atoms. The molecule has 1 unspecified atom stereocenters. The molecule has 1 aromatic heterocycles. The van der Waals surface area contributed by atoms with Crippen molar-refractivity contribution in [3.63, 3.8) is 0 Å². The molecule has 0 amide bonds. The summed E-state index contributed by atoms with van der Waals surface area (Å²) in [6.45, 7) is 2.65. The Labute approximate surface area is 100 Å². The highest BCUT2D eigenvalue weighted by molar-refractivity contribution is 5.31. The number of nitrogens with one attached hydrogen (secondary N) is 2. The number of benzene rings is 1. The molecular formula is C12H16N4O. The Balaban J connectivity index is 2.20. The number of rotatable bonds is 5. The van der Waals surface area contributed by atoms with Gasteiger partial charge >= 0.3 is 0 Å². The van der Waals surface area contributed by atoms with Crippen molar-refractivity contribution in [3.05, 3.63) is 42.0 Å². The van der Waals surface area contributed by atoms with Crippen LogP contribution in [0.2, 0.25) is 0 Å². The monoisotopic (exact) mass is 232 g/mol. The van der Waals surface area contributed by atoms with E-state index in [-0.39, 0.29) is 6.04 Å². The van der Waals surface area contributed by atoms with Gasteiger partial charge in [0.25, 0.3) is 0 Å². The molecule has 2 rings (SSSR count). The third-order valence-electron chi connectivity index (χ3n) is 2.52. The predicted octanol–water partition coefficient (Wildman–Crippen LogP) is 1.51. The van der Waals surface area contributed by atoms with Crippen LogP contribution in [0.1, 0.15) is 24.4 Å². The number of hydrogen-bond donors (Lipinski definition) is 2. The first-order valence-corrected chi connectivity index (χ1v) is 5.60. The fraction of sp³-hybridized carbons (Fsp3) is 0.333. The number of nitrogens with zero attached hydrogens (tertiary/aromatic N) is 2. The Morgan fingerprint density at radius 3 is 2.65 bits per heavy atom. The Morgan fingerprint density at radius 2 is 2.12 bits per heavy atom. The molecule has 90 valence electrons. The third kappa shape index (κ3) is 2.62. The molecule has 0 aliphatic rings. The number of hydrogen-bond acceptors (Lipinski definition) is 4. The van der Waals surface area contributed by atoms with Crippen LogP contribution in [0.5, 0.6) is 5.75 Å². The van der Waals surface area contributed by atoms with Gasteiger partial charge in [-0.25, -0.2) is 4.98 Å². The van der Waals surface area contributed by atoms with E-state index >= 15 is 0 Å². The van der Waals surface area contributed by atoms with Crippen LogP contribution < -0.4 is 10.1 Å². The molecule has 0 aliphatic carbocycles. The molecule has 1 atom stereocenters. The Hall–Kier alpha value is -1.88. The van der Waals surface area contributed by atoms with E-state index in [0.717, 1.165) is 17.1 Å². The molecule has 0 aliphatic heterocycles. The average Bonchev–Trinajstić information content (AvgIpc) is 2.86. The molecule has 2 N–H and O–H groups in total. The lowest BCUT2D eigenvalue weighted by Gasteiger charge is -2.14. The standard InChI is InChI=1S/C12H16N4O/c1-3-17-10-6-4-9(5-7-10)11(13-2)12-14-8-15-16-12/h4-8,11,13H,3H2,1-2H3,(H,14,15,16). The number of aromatic nitrogens is 3. The van der Waals surface area contributed by atoms with Gasteiger partial charge in [-0.1, -0.05) is 12.1 Å². The van der Waals surface area contributed by atoms with E-state index < -0.39 is 0 Å². The van der Waals surface area contributed by atoms with Gasteiger partial charge in [-0.05, 0) is 31.7 Å². The van der Waals surface area contributed by atoms with E-state index in [2.05, 4.69) is 20.5 Å². The van der Waals surface area contributed by atoms with Crippen LogP contribution >= 0.6 is 0 Å². The van der Waals surface area contributed by atoms with Gasteiger partial charge in [-0.3, -0.25) is 5.10 Å². The van der Waals surface area contributed by atoms with Crippen molar-refractivity contribution in [2.45, 2.75) is 13.0 Å². The zero-order chi connectivity index (χ0) is 12.1. The van der Waals surface area contributed by atoms with Gasteiger partial charge in [0.05, 0.1) is 12.6 Å². The van der Waals surface area contributed by atoms with Crippen LogP contribution in [0, 0.1) is 0 Å². The quantitative estimate of drug-likeness (QED) is 0.820. The van der Waals surface area contributed by atoms with Gasteiger partial charge in [0.1, 0.15) is 17.9 Å². The summed E-state index contributed by atoms with van der Waals surface area (Å²) in [5, 5.41) is 9.93. The van der Waals surface area contributed by atoms with Gasteiger partial charge in [-0.15, -0.1) is 0 Å². The normalized spacial score (nSPS) is 12.4. The first kappa shape index (κ1) is 11.6. The lowest BCUT2D eigenvalue weighted by atomic mass is 10.1. The molecule has 0 saturated carbocycles. The van der Waals surface area contributed by atoms with Gasteiger partial charge in [0, 0.05) is 0 Å². The molecule has 1 aromatic carbocycles. The number of aromatic amines is 1. The summed E-state index contributed by atoms with van der Waals surface area (Å²) in [6.07, 6.45) is 1.51. The van der Waals surface area contributed by atoms with Crippen molar-refractivity contribution in [3.8, 4) is 5.75 Å². The molecule has 17 heavy (non-hydrogen) atoms. The van der Waals surface area contributed by atoms with Crippen LogP contribution in [-0.4, -0.2) is 28.8 Å². The zero-order valence-corrected chi connectivity index (χ0v) is 9.97. The highest BCUT2D eigenvalue weighted by Crippen LogP contribution is 2.21. The van der Waals surface area contributed by atoms with E-state index in [1.807, 2.05) is 38.2 Å². The van der Waals surface area contributed by atoms with E-state index in [9.17, 15) is 0 Å². The van der Waals surface area contributed by atoms with Crippen molar-refractivity contribution in [1.82, 2.24) is 20.5 Å². The van der Waals surface area contributed by atoms with Gasteiger partial charge in [0.2, 0.25) is 0 Å². The van der Waals surface area contributed by atoms with E-state index in [0.29, 0.717) is 6.61 Å². The maximum Gasteiger partial charge on any atom is 0.145 e. The summed E-state index contributed by atoms with van der Waals surface area (Å²) in [5.41, 5.74) is 1.12. The topological polar surface area (TPSA) is 62.8 Å². The molecule has 2 aromatic rings. The number of H-pyrrole nitrogens is 1. The summed E-state index contributed by atoms with van der Waals surface area (Å²) in [4.78, 5) is 4.16. The fourth-order valence-corrected chi connectivity index (χ4v) is 1.74. The molecule has 5 heteroatoms. The lowest BCUT2D eigenvalue weighted by Crippen LogP contribution is -2.19. The average molecular weight is 232 g/mol. The zero-order valence-electron chi connectivity index (χ0n) is 9.97. The highest BCUT2D eigenvalue weighted by Gasteiger charge is 2.14. The molecule has 0 saturated heterocycles. The summed E-state index contributed by atoms with van der Waals surface area (Å²) in [5.74, 6) is 1.68. The van der Waals surface area contributed by atoms with Crippen molar-refractivity contribution in [2.75, 3.05) is 13.7 Å². The van der Waals surface area contributed by atoms with Gasteiger partial charge < -0.3 is 10.1 Å². The lowest BCUT2D eigenvalue weighted by molar-refractivity contribution is 0.340. The fourth-order valence-electron chi connectivity index (χ4n) is 1.74. The highest BCUT2D eigenvalue weighted by atomic mass is 16.5. The van der Waals surface area contributed by atoms with Crippen LogP contribution in [-0.2, 0) is 0 Å². The Kier molecular flexibility index (Phi) is 3.72. The number of ether oxygens (including phenoxy) is 1. The second-order valence-corrected chi connectivity index (χ2v) is 3.59. The SMILES string of the molecule is CCOc1ccc(C(NC)c2ncn[nH]2)cc1. The Bertz CT molecular complexity index is 438. The van der Waals surface area contributed by atoms with Crippen LogP contribution in [0.3, 0.4) is 0 Å². The summed E-state index contributed by atoms with van der Waals surface area (Å²) < 4.78 is 5.41. The van der Waals surface area contributed by atoms with Crippen molar-refractivity contribution in [1.29, 1.82) is 0 Å². The summed E-state index contributed by atoms with van der Waals surface area (Å²) >= 11 is 0. The van der Waals surface area contributed by atoms with Gasteiger partial charge in [0.15, 0.2) is 0 Å². The van der Waals surface area contributed by atoms with E-state index in [1.165, 1.54) is 6.33 Å². The second-order valence-electron chi connectivity index (χ2n) is 3.59. The molecule has 0 fully saturated rings. The maximum absolute atomic E-state index is 5.41. The second kappa shape index (κ2) is 5.45. The first-order chi connectivity index (χ1) is 8.35. The van der Waals surface area contributed by atoms with Crippen LogP contribution in [0.25, 0.3) is 0 Å². The van der Waals surface area contributed by atoms with Crippen molar-refractivity contribution >= 4 is 0 Å². The first-order valence-electron chi connectivity index (χ1n) is 5.60. The molecular weight excluding hydrogens is 216 g/mol. The van der Waals surface area contributed by atoms with E-state index in [4.69, 9.17) is 4.74 Å². The summed E-state index contributed by atoms with van der Waals surface area (Å²) in [6, 6.07) is 7.98. The smallest absolute Gasteiger partial charge is 0.145 e. The predicted molar refractivity (Wildman–Crippen MR) is 64.9 cm³/mol. The largest absolute Gasteiger partial charge is 0.494 e. The minimum absolute atomic E-state index is 0.0215. The van der Waals surface area contributed by atoms with Crippen molar-refractivity contribution in [2.24, 2.45) is 0 Å². The third-order valence-corrected chi connectivity index (χ3v) is 2.52. The van der Waals surface area contributed by atoms with E-state index in [1.54, 1.807) is 0 Å². The van der Waals surface area contributed by atoms with Gasteiger partial charge in [-0.2, -0.15) is 5.10 Å².